The minimum atomic E-state index is -1.28. The summed E-state index contributed by atoms with van der Waals surface area (Å²) >= 11 is 0. The van der Waals surface area contributed by atoms with Crippen molar-refractivity contribution in [3.05, 3.63) is 59.7 Å². The van der Waals surface area contributed by atoms with E-state index >= 15 is 0 Å². The molecule has 1 fully saturated rings. The molecule has 2 aliphatic rings. The summed E-state index contributed by atoms with van der Waals surface area (Å²) in [6.45, 7) is 3.55. The molecule has 1 saturated carbocycles. The van der Waals surface area contributed by atoms with Gasteiger partial charge in [0.1, 0.15) is 17.7 Å². The lowest BCUT2D eigenvalue weighted by Gasteiger charge is -2.40. The molecule has 2 aliphatic carbocycles. The molecule has 0 radical (unpaired) electrons. The van der Waals surface area contributed by atoms with Crippen LogP contribution in [0.3, 0.4) is 0 Å². The first kappa shape index (κ1) is 23.8. The first-order valence-corrected chi connectivity index (χ1v) is 11.9. The van der Waals surface area contributed by atoms with Crippen LogP contribution >= 0.6 is 0 Å². The Labute approximate surface area is 200 Å². The topological polar surface area (TPSA) is 95.9 Å². The van der Waals surface area contributed by atoms with Crippen LogP contribution in [0.2, 0.25) is 0 Å². The van der Waals surface area contributed by atoms with Crippen molar-refractivity contribution in [2.24, 2.45) is 0 Å². The number of fused-ring (bicyclic) bond motifs is 3. The van der Waals surface area contributed by atoms with Crippen LogP contribution in [0.1, 0.15) is 63.0 Å². The summed E-state index contributed by atoms with van der Waals surface area (Å²) in [6, 6.07) is 16.2. The van der Waals surface area contributed by atoms with Gasteiger partial charge in [-0.05, 0) is 48.4 Å². The van der Waals surface area contributed by atoms with Crippen LogP contribution in [-0.2, 0) is 14.3 Å². The van der Waals surface area contributed by atoms with E-state index in [1.54, 1.807) is 13.8 Å². The number of carboxylic acids is 1. The Hall–Kier alpha value is -3.35. The van der Waals surface area contributed by atoms with Crippen LogP contribution in [0, 0.1) is 0 Å². The zero-order valence-electron chi connectivity index (χ0n) is 20.0. The van der Waals surface area contributed by atoms with Crippen LogP contribution in [0.15, 0.2) is 48.5 Å². The van der Waals surface area contributed by atoms with Crippen molar-refractivity contribution >= 4 is 18.0 Å². The number of alkyl carbamates (subject to hydrolysis) is 1. The van der Waals surface area contributed by atoms with Gasteiger partial charge in [0, 0.05) is 13.0 Å². The average molecular weight is 465 g/mol. The molecule has 0 spiro atoms. The van der Waals surface area contributed by atoms with Crippen molar-refractivity contribution < 1.29 is 24.2 Å². The fraction of sp³-hybridized carbons (Fsp3) is 0.444. The molecule has 0 bridgehead atoms. The standard InChI is InChI=1S/C27H32N2O5/c1-4-26(2,23(30)29(3)27(24(31)32)15-9-10-16-27)28-25(33)34-17-22-20-13-7-5-11-18(20)19-12-6-8-14-21(19)22/h5-8,11-14,22H,4,9-10,15-17H2,1-3H3,(H,28,33)(H,31,32). The number of benzene rings is 2. The fourth-order valence-corrected chi connectivity index (χ4v) is 5.37. The quantitative estimate of drug-likeness (QED) is 0.627. The Morgan fingerprint density at radius 2 is 1.59 bits per heavy atom. The highest BCUT2D eigenvalue weighted by Gasteiger charge is 2.50. The molecule has 7 nitrogen and oxygen atoms in total. The second-order valence-electron chi connectivity index (χ2n) is 9.54. The predicted molar refractivity (Wildman–Crippen MR) is 129 cm³/mol. The van der Waals surface area contributed by atoms with E-state index in [0.29, 0.717) is 19.3 Å². The highest BCUT2D eigenvalue weighted by molar-refractivity contribution is 5.94. The number of carboxylic acid groups (broad SMARTS) is 1. The summed E-state index contributed by atoms with van der Waals surface area (Å²) in [4.78, 5) is 39.6. The maximum atomic E-state index is 13.4. The van der Waals surface area contributed by atoms with E-state index in [1.165, 1.54) is 11.9 Å². The summed E-state index contributed by atoms with van der Waals surface area (Å²) in [5.41, 5.74) is 1.99. The normalized spacial score (nSPS) is 17.9. The molecule has 1 unspecified atom stereocenters. The molecule has 34 heavy (non-hydrogen) atoms. The van der Waals surface area contributed by atoms with E-state index in [1.807, 2.05) is 36.4 Å². The van der Waals surface area contributed by atoms with E-state index < -0.39 is 29.0 Å². The second kappa shape index (κ2) is 9.12. The third-order valence-electron chi connectivity index (χ3n) is 7.68. The maximum Gasteiger partial charge on any atom is 0.408 e. The Kier molecular flexibility index (Phi) is 6.39. The Morgan fingerprint density at radius 3 is 2.09 bits per heavy atom. The lowest BCUT2D eigenvalue weighted by atomic mass is 9.90. The molecule has 7 heteroatoms. The highest BCUT2D eigenvalue weighted by Crippen LogP contribution is 2.44. The number of nitrogens with one attached hydrogen (secondary N) is 1. The fourth-order valence-electron chi connectivity index (χ4n) is 5.37. The van der Waals surface area contributed by atoms with E-state index in [0.717, 1.165) is 35.1 Å². The molecule has 2 aromatic rings. The predicted octanol–water partition coefficient (Wildman–Crippen LogP) is 4.55. The van der Waals surface area contributed by atoms with Gasteiger partial charge in [0.05, 0.1) is 0 Å². The van der Waals surface area contributed by atoms with Crippen molar-refractivity contribution in [1.29, 1.82) is 0 Å². The molecule has 0 aliphatic heterocycles. The number of rotatable bonds is 7. The molecule has 2 aromatic carbocycles. The summed E-state index contributed by atoms with van der Waals surface area (Å²) in [6.07, 6.45) is 1.95. The zero-order chi connectivity index (χ0) is 24.5. The lowest BCUT2D eigenvalue weighted by molar-refractivity contribution is -0.160. The number of hydrogen-bond donors (Lipinski definition) is 2. The van der Waals surface area contributed by atoms with Crippen LogP contribution in [0.5, 0.6) is 0 Å². The smallest absolute Gasteiger partial charge is 0.408 e. The average Bonchev–Trinajstić information content (AvgIpc) is 3.46. The number of carbonyl (C=O) groups excluding carboxylic acids is 2. The largest absolute Gasteiger partial charge is 0.479 e. The number of carbonyl (C=O) groups is 3. The monoisotopic (exact) mass is 464 g/mol. The Bertz CT molecular complexity index is 1060. The number of ether oxygens (including phenoxy) is 1. The van der Waals surface area contributed by atoms with Gasteiger partial charge in [-0.1, -0.05) is 68.3 Å². The molecule has 0 saturated heterocycles. The van der Waals surface area contributed by atoms with Crippen LogP contribution < -0.4 is 5.32 Å². The molecule has 2 N–H and O–H groups in total. The van der Waals surface area contributed by atoms with Gasteiger partial charge in [-0.3, -0.25) is 4.79 Å². The molecular formula is C27H32N2O5. The third kappa shape index (κ3) is 3.93. The molecular weight excluding hydrogens is 432 g/mol. The minimum Gasteiger partial charge on any atom is -0.479 e. The summed E-state index contributed by atoms with van der Waals surface area (Å²) < 4.78 is 5.63. The van der Waals surface area contributed by atoms with Crippen LogP contribution in [-0.4, -0.2) is 52.7 Å². The van der Waals surface area contributed by atoms with E-state index in [9.17, 15) is 19.5 Å². The number of amides is 2. The second-order valence-corrected chi connectivity index (χ2v) is 9.54. The molecule has 4 rings (SSSR count). The van der Waals surface area contributed by atoms with Crippen molar-refractivity contribution in [2.45, 2.75) is 62.9 Å². The van der Waals surface area contributed by atoms with Gasteiger partial charge >= 0.3 is 12.1 Å². The number of likely N-dealkylation sites (N-methyl/N-ethyl adjacent to an activating group) is 1. The third-order valence-corrected chi connectivity index (χ3v) is 7.68. The number of hydrogen-bond acceptors (Lipinski definition) is 4. The molecule has 2 amide bonds. The first-order chi connectivity index (χ1) is 16.2. The zero-order valence-corrected chi connectivity index (χ0v) is 20.0. The van der Waals surface area contributed by atoms with Gasteiger partial charge in [0.15, 0.2) is 0 Å². The van der Waals surface area contributed by atoms with Crippen molar-refractivity contribution in [3.63, 3.8) is 0 Å². The Morgan fingerprint density at radius 1 is 1.06 bits per heavy atom. The highest BCUT2D eigenvalue weighted by atomic mass is 16.5. The summed E-state index contributed by atoms with van der Waals surface area (Å²) in [5.74, 6) is -1.51. The maximum absolute atomic E-state index is 13.4. The van der Waals surface area contributed by atoms with Crippen LogP contribution in [0.4, 0.5) is 4.79 Å². The van der Waals surface area contributed by atoms with Crippen molar-refractivity contribution in [3.8, 4) is 11.1 Å². The lowest BCUT2D eigenvalue weighted by Crippen LogP contribution is -2.63. The Balaban J connectivity index is 1.47. The van der Waals surface area contributed by atoms with Gasteiger partial charge in [-0.25, -0.2) is 9.59 Å². The van der Waals surface area contributed by atoms with Gasteiger partial charge in [-0.2, -0.15) is 0 Å². The van der Waals surface area contributed by atoms with Crippen molar-refractivity contribution in [1.82, 2.24) is 10.2 Å². The van der Waals surface area contributed by atoms with Gasteiger partial charge in [-0.15, -0.1) is 0 Å². The molecule has 180 valence electrons. The van der Waals surface area contributed by atoms with Gasteiger partial charge in [0.2, 0.25) is 5.91 Å². The molecule has 1 atom stereocenters. The number of nitrogens with zero attached hydrogens (tertiary/aromatic N) is 1. The summed E-state index contributed by atoms with van der Waals surface area (Å²) in [5, 5.41) is 12.6. The van der Waals surface area contributed by atoms with Crippen molar-refractivity contribution in [2.75, 3.05) is 13.7 Å². The molecule has 0 heterocycles. The van der Waals surface area contributed by atoms with Gasteiger partial charge < -0.3 is 20.1 Å². The first-order valence-electron chi connectivity index (χ1n) is 11.9. The van der Waals surface area contributed by atoms with E-state index in [2.05, 4.69) is 17.4 Å². The van der Waals surface area contributed by atoms with E-state index in [-0.39, 0.29) is 12.5 Å². The SMILES string of the molecule is CCC(C)(NC(=O)OCC1c2ccccc2-c2ccccc21)C(=O)N(C)C1(C(=O)O)CCCC1. The van der Waals surface area contributed by atoms with E-state index in [4.69, 9.17) is 4.74 Å². The van der Waals surface area contributed by atoms with Crippen LogP contribution in [0.25, 0.3) is 11.1 Å². The van der Waals surface area contributed by atoms with Gasteiger partial charge in [0.25, 0.3) is 0 Å². The molecule has 0 aromatic heterocycles. The number of aliphatic carboxylic acids is 1. The summed E-state index contributed by atoms with van der Waals surface area (Å²) in [7, 11) is 1.52. The minimum absolute atomic E-state index is 0.0850.